The third-order valence-electron chi connectivity index (χ3n) is 5.32. The van der Waals surface area contributed by atoms with E-state index in [1.165, 1.54) is 0 Å². The van der Waals surface area contributed by atoms with Crippen molar-refractivity contribution in [2.24, 2.45) is 5.92 Å². The molecule has 1 heterocycles. The number of hydrogen-bond acceptors (Lipinski definition) is 4. The smallest absolute Gasteiger partial charge is 0.227 e. The summed E-state index contributed by atoms with van der Waals surface area (Å²) in [5.41, 5.74) is 3.08. The third kappa shape index (κ3) is 4.70. The van der Waals surface area contributed by atoms with Crippen LogP contribution < -0.4 is 19.7 Å². The van der Waals surface area contributed by atoms with Crippen LogP contribution in [0.1, 0.15) is 24.5 Å². The summed E-state index contributed by atoms with van der Waals surface area (Å²) >= 11 is 0. The molecule has 1 N–H and O–H groups in total. The summed E-state index contributed by atoms with van der Waals surface area (Å²) in [6, 6.07) is 13.6. The molecule has 2 aromatic carbocycles. The summed E-state index contributed by atoms with van der Waals surface area (Å²) in [5, 5.41) is 2.97. The Hall–Kier alpha value is -3.02. The number of nitrogens with zero attached hydrogens (tertiary/aromatic N) is 1. The van der Waals surface area contributed by atoms with E-state index in [0.29, 0.717) is 31.0 Å². The van der Waals surface area contributed by atoms with Crippen LogP contribution in [0.2, 0.25) is 0 Å². The van der Waals surface area contributed by atoms with E-state index in [4.69, 9.17) is 9.47 Å². The molecule has 1 atom stereocenters. The first-order valence-electron chi connectivity index (χ1n) is 9.94. The molecule has 0 radical (unpaired) electrons. The van der Waals surface area contributed by atoms with E-state index in [0.717, 1.165) is 23.2 Å². The highest BCUT2D eigenvalue weighted by atomic mass is 16.5. The van der Waals surface area contributed by atoms with E-state index in [1.807, 2.05) is 42.5 Å². The van der Waals surface area contributed by atoms with Gasteiger partial charge < -0.3 is 19.7 Å². The summed E-state index contributed by atoms with van der Waals surface area (Å²) in [5.74, 6) is 0.958. The molecule has 1 saturated heterocycles. The van der Waals surface area contributed by atoms with Gasteiger partial charge >= 0.3 is 0 Å². The van der Waals surface area contributed by atoms with Crippen LogP contribution >= 0.6 is 0 Å². The van der Waals surface area contributed by atoms with E-state index >= 15 is 0 Å². The molecule has 1 unspecified atom stereocenters. The Balaban J connectivity index is 1.56. The molecule has 0 aromatic heterocycles. The van der Waals surface area contributed by atoms with Crippen molar-refractivity contribution in [2.75, 3.05) is 32.2 Å². The van der Waals surface area contributed by atoms with Crippen LogP contribution in [0.4, 0.5) is 5.69 Å². The lowest BCUT2D eigenvalue weighted by atomic mass is 10.1. The van der Waals surface area contributed by atoms with Crippen molar-refractivity contribution in [2.45, 2.75) is 26.2 Å². The van der Waals surface area contributed by atoms with Gasteiger partial charge in [-0.2, -0.15) is 0 Å². The number of para-hydroxylation sites is 1. The Kier molecular flexibility index (Phi) is 6.75. The number of carbonyl (C=O) groups is 2. The van der Waals surface area contributed by atoms with Gasteiger partial charge in [0.25, 0.3) is 0 Å². The highest BCUT2D eigenvalue weighted by Crippen LogP contribution is 2.29. The summed E-state index contributed by atoms with van der Waals surface area (Å²) in [7, 11) is 3.20. The zero-order valence-electron chi connectivity index (χ0n) is 17.2. The van der Waals surface area contributed by atoms with Gasteiger partial charge in [-0.15, -0.1) is 0 Å². The minimum Gasteiger partial charge on any atom is -0.493 e. The first-order chi connectivity index (χ1) is 14.1. The average molecular weight is 396 g/mol. The second-order valence-electron chi connectivity index (χ2n) is 7.12. The van der Waals surface area contributed by atoms with Gasteiger partial charge in [0.15, 0.2) is 11.5 Å². The lowest BCUT2D eigenvalue weighted by Gasteiger charge is -2.20. The predicted octanol–water partition coefficient (Wildman–Crippen LogP) is 2.98. The number of benzene rings is 2. The number of aryl methyl sites for hydroxylation is 1. The zero-order chi connectivity index (χ0) is 20.8. The molecule has 1 fully saturated rings. The Morgan fingerprint density at radius 3 is 2.62 bits per heavy atom. The largest absolute Gasteiger partial charge is 0.493 e. The summed E-state index contributed by atoms with van der Waals surface area (Å²) in [6.45, 7) is 3.00. The standard InChI is InChI=1S/C23H28N2O4/c1-4-17-7-5-6-8-19(17)25-15-18(14-22(25)26)23(27)24-12-11-16-9-10-20(28-2)21(13-16)29-3/h5-10,13,18H,4,11-12,14-15H2,1-3H3,(H,24,27). The van der Waals surface area contributed by atoms with E-state index < -0.39 is 0 Å². The highest BCUT2D eigenvalue weighted by molar-refractivity contribution is 6.00. The number of anilines is 1. The van der Waals surface area contributed by atoms with Crippen molar-refractivity contribution >= 4 is 17.5 Å². The van der Waals surface area contributed by atoms with E-state index in [-0.39, 0.29) is 24.2 Å². The average Bonchev–Trinajstić information content (AvgIpc) is 3.15. The Bertz CT molecular complexity index is 881. The molecule has 1 aliphatic heterocycles. The van der Waals surface area contributed by atoms with Gasteiger partial charge in [-0.3, -0.25) is 9.59 Å². The van der Waals surface area contributed by atoms with Crippen LogP contribution in [0.3, 0.4) is 0 Å². The number of amides is 2. The lowest BCUT2D eigenvalue weighted by Crippen LogP contribution is -2.34. The van der Waals surface area contributed by atoms with Gasteiger partial charge in [-0.25, -0.2) is 0 Å². The predicted molar refractivity (Wildman–Crippen MR) is 113 cm³/mol. The van der Waals surface area contributed by atoms with Crippen molar-refractivity contribution in [3.8, 4) is 11.5 Å². The van der Waals surface area contributed by atoms with Gasteiger partial charge in [0, 0.05) is 25.2 Å². The topological polar surface area (TPSA) is 67.9 Å². The van der Waals surface area contributed by atoms with E-state index in [9.17, 15) is 9.59 Å². The monoisotopic (exact) mass is 396 g/mol. The molecular formula is C23H28N2O4. The van der Waals surface area contributed by atoms with Crippen LogP contribution in [-0.2, 0) is 22.4 Å². The molecule has 154 valence electrons. The molecule has 2 amide bonds. The molecular weight excluding hydrogens is 368 g/mol. The lowest BCUT2D eigenvalue weighted by molar-refractivity contribution is -0.126. The molecule has 1 aliphatic rings. The maximum atomic E-state index is 12.6. The van der Waals surface area contributed by atoms with Gasteiger partial charge in [-0.05, 0) is 42.2 Å². The minimum absolute atomic E-state index is 0.00550. The number of carbonyl (C=O) groups excluding carboxylic acids is 2. The van der Waals surface area contributed by atoms with Crippen LogP contribution in [0, 0.1) is 5.92 Å². The first-order valence-corrected chi connectivity index (χ1v) is 9.94. The summed E-state index contributed by atoms with van der Waals surface area (Å²) in [4.78, 5) is 26.9. The molecule has 29 heavy (non-hydrogen) atoms. The fourth-order valence-electron chi connectivity index (χ4n) is 3.70. The fourth-order valence-corrected chi connectivity index (χ4v) is 3.70. The fraction of sp³-hybridized carbons (Fsp3) is 0.391. The van der Waals surface area contributed by atoms with Crippen LogP contribution in [0.5, 0.6) is 11.5 Å². The third-order valence-corrected chi connectivity index (χ3v) is 5.32. The minimum atomic E-state index is -0.321. The number of ether oxygens (including phenoxy) is 2. The summed E-state index contributed by atoms with van der Waals surface area (Å²) in [6.07, 6.45) is 1.78. The maximum absolute atomic E-state index is 12.6. The van der Waals surface area contributed by atoms with Gasteiger partial charge in [0.05, 0.1) is 20.1 Å². The number of rotatable bonds is 8. The SMILES string of the molecule is CCc1ccccc1N1CC(C(=O)NCCc2ccc(OC)c(OC)c2)CC1=O. The molecule has 0 spiro atoms. The Labute approximate surface area is 171 Å². The summed E-state index contributed by atoms with van der Waals surface area (Å²) < 4.78 is 10.6. The molecule has 3 rings (SSSR count). The van der Waals surface area contributed by atoms with Gasteiger partial charge in [0.2, 0.25) is 11.8 Å². The number of methoxy groups -OCH3 is 2. The van der Waals surface area contributed by atoms with Crippen molar-refractivity contribution in [3.63, 3.8) is 0 Å². The molecule has 0 bridgehead atoms. The molecule has 6 nitrogen and oxygen atoms in total. The maximum Gasteiger partial charge on any atom is 0.227 e. The van der Waals surface area contributed by atoms with Gasteiger partial charge in [0.1, 0.15) is 0 Å². The molecule has 6 heteroatoms. The van der Waals surface area contributed by atoms with Crippen molar-refractivity contribution in [1.29, 1.82) is 0 Å². The van der Waals surface area contributed by atoms with Gasteiger partial charge in [-0.1, -0.05) is 31.2 Å². The quantitative estimate of drug-likeness (QED) is 0.745. The van der Waals surface area contributed by atoms with E-state index in [1.54, 1.807) is 19.1 Å². The van der Waals surface area contributed by atoms with Crippen molar-refractivity contribution < 1.29 is 19.1 Å². The van der Waals surface area contributed by atoms with Crippen LogP contribution in [0.15, 0.2) is 42.5 Å². The van der Waals surface area contributed by atoms with Crippen molar-refractivity contribution in [3.05, 3.63) is 53.6 Å². The Morgan fingerprint density at radius 1 is 1.14 bits per heavy atom. The van der Waals surface area contributed by atoms with Crippen LogP contribution in [0.25, 0.3) is 0 Å². The molecule has 0 aliphatic carbocycles. The number of nitrogens with one attached hydrogen (secondary N) is 1. The normalized spacial score (nSPS) is 16.0. The van der Waals surface area contributed by atoms with Crippen molar-refractivity contribution in [1.82, 2.24) is 5.32 Å². The van der Waals surface area contributed by atoms with Crippen LogP contribution in [-0.4, -0.2) is 39.1 Å². The highest BCUT2D eigenvalue weighted by Gasteiger charge is 2.35. The molecule has 0 saturated carbocycles. The Morgan fingerprint density at radius 2 is 1.90 bits per heavy atom. The first kappa shape index (κ1) is 20.7. The van der Waals surface area contributed by atoms with E-state index in [2.05, 4.69) is 12.2 Å². The zero-order valence-corrected chi connectivity index (χ0v) is 17.2. The number of hydrogen-bond donors (Lipinski definition) is 1. The second kappa shape index (κ2) is 9.45. The second-order valence-corrected chi connectivity index (χ2v) is 7.12. The molecule has 2 aromatic rings.